The molecule has 5 heterocycles. The van der Waals surface area contributed by atoms with E-state index in [2.05, 4.69) is 31.0 Å². The van der Waals surface area contributed by atoms with E-state index in [-0.39, 0.29) is 24.7 Å². The maximum absolute atomic E-state index is 14.5. The van der Waals surface area contributed by atoms with E-state index in [1.54, 1.807) is 6.92 Å². The summed E-state index contributed by atoms with van der Waals surface area (Å²) in [6.07, 6.45) is -28.3. The van der Waals surface area contributed by atoms with E-state index in [0.717, 1.165) is 18.4 Å². The van der Waals surface area contributed by atoms with Crippen molar-refractivity contribution < 1.29 is 138 Å². The van der Waals surface area contributed by atoms with Gasteiger partial charge >= 0.3 is 26.8 Å². The zero-order chi connectivity index (χ0) is 63.4. The van der Waals surface area contributed by atoms with Gasteiger partial charge in [-0.1, -0.05) is 59.6 Å². The zero-order valence-corrected chi connectivity index (χ0v) is 51.4. The van der Waals surface area contributed by atoms with Gasteiger partial charge in [-0.15, -0.1) is 0 Å². The number of aliphatic hydroxyl groups is 10. The second-order valence-electron chi connectivity index (χ2n) is 26.9. The molecule has 0 radical (unpaired) electrons. The van der Waals surface area contributed by atoms with Gasteiger partial charge in [0, 0.05) is 12.5 Å². The Labute approximate surface area is 500 Å². The average molecular weight is 1280 g/mol. The summed E-state index contributed by atoms with van der Waals surface area (Å²) in [5.41, 5.74) is -5.57. The number of methoxy groups -OCH3 is 1. The predicted molar refractivity (Wildman–Crippen MR) is 289 cm³/mol. The fourth-order valence-corrected chi connectivity index (χ4v) is 17.5. The molecule has 86 heavy (non-hydrogen) atoms. The number of aliphatic hydroxyl groups excluding tert-OH is 9. The fourth-order valence-electron chi connectivity index (χ4n) is 16.8. The standard InChI is InChI=1S/C55H90O29S2/c1-24(2)11-10-15-53(8)54(66)18-17-52(7)26-12-13-32-50(4,5)34(14-16-51(32,6)27(26)19-33(57)55(52,54)49(65)83-53)80-48-45(38(61)31(22-75-48)84-86(70,71)72)82-46-40(63)39(62)42(25(3)77-46)81-47-41(64)44(37(60)30(79-47)23-76-85(67,68)69)74-21-29-36(59)43(73-9)35(58)28(20-56)78-29/h12,24-25,27-48,56-64,66H,10-11,13-23H2,1-9H3,(H,67,68,69)(H,70,71,72)/t25-,27+,28-,29+,30-,31-,32?,33+,34+,35-,36+,37-,38+,39-,40-,41-,42-,43+,44+,45-,46+,47+,48+,51-,52+,53+,54+,55-/m1/s1. The molecule has 0 aromatic rings. The number of fused-ring (bicyclic) bond motifs is 4. The van der Waals surface area contributed by atoms with Crippen LogP contribution < -0.4 is 0 Å². The van der Waals surface area contributed by atoms with Crippen LogP contribution in [0.4, 0.5) is 0 Å². The Bertz CT molecular complexity index is 2670. The quantitative estimate of drug-likeness (QED) is 0.0374. The second-order valence-corrected chi connectivity index (χ2v) is 29.0. The first-order chi connectivity index (χ1) is 39.9. The smallest absolute Gasteiger partial charge is 0.397 e. The molecule has 9 rings (SSSR count). The number of hydrogen-bond donors (Lipinski definition) is 12. The third-order valence-electron chi connectivity index (χ3n) is 21.3. The van der Waals surface area contributed by atoms with Crippen molar-refractivity contribution in [3.63, 3.8) is 0 Å². The largest absolute Gasteiger partial charge is 0.456 e. The van der Waals surface area contributed by atoms with Gasteiger partial charge in [0.2, 0.25) is 0 Å². The summed E-state index contributed by atoms with van der Waals surface area (Å²) in [7, 11) is -9.20. The van der Waals surface area contributed by atoms with Gasteiger partial charge in [-0.2, -0.15) is 16.8 Å². The van der Waals surface area contributed by atoms with Crippen LogP contribution in [-0.2, 0) is 81.3 Å². The molecule has 9 aliphatic rings. The Hall–Kier alpha value is -1.81. The molecule has 28 atom stereocenters. The lowest BCUT2D eigenvalue weighted by atomic mass is 9.39. The highest BCUT2D eigenvalue weighted by Gasteiger charge is 2.86. The van der Waals surface area contributed by atoms with E-state index in [9.17, 15) is 81.8 Å². The first kappa shape index (κ1) is 68.6. The number of hydrogen-bond acceptors (Lipinski definition) is 27. The van der Waals surface area contributed by atoms with Crippen LogP contribution in [0.1, 0.15) is 113 Å². The molecule has 5 saturated heterocycles. The SMILES string of the molecule is CO[C@@H]1[C@@H](O)[C@H](CO[C@@H]2[C@@H](O)[C@H](O[C@H]3[C@H](O)[C@@H](O)[C@H](O[C@H]4[C@H](O[C@H]5CC[C@@]6(C)C(CC=C7[C@@H]6C[C@H](O)[C@]68C(=O)O[C@@](C)(CCCC(C)C)[C@@]6(O)CC[C@@]78C)C5(C)C)OC[C@@H](OS(=O)(=O)O)[C@@H]4O)O[C@@H]3C)O[C@H](COS(=O)(=O)O)[C@H]2O)O[C@H](CO)[C@H]1O. The molecule has 496 valence electrons. The fraction of sp³-hybridized carbons (Fsp3) is 0.945. The predicted octanol–water partition coefficient (Wildman–Crippen LogP) is -1.53. The number of carbonyl (C=O) groups is 1. The Morgan fingerprint density at radius 1 is 0.721 bits per heavy atom. The van der Waals surface area contributed by atoms with Crippen molar-refractivity contribution >= 4 is 26.8 Å². The molecule has 4 aliphatic carbocycles. The maximum Gasteiger partial charge on any atom is 0.397 e. The Kier molecular flexibility index (Phi) is 19.9. The third kappa shape index (κ3) is 11.8. The first-order valence-corrected chi connectivity index (χ1v) is 32.4. The van der Waals surface area contributed by atoms with Crippen LogP contribution in [-0.4, -0.2) is 256 Å². The average Bonchev–Trinajstić information content (AvgIpc) is 1.45. The van der Waals surface area contributed by atoms with E-state index >= 15 is 0 Å². The van der Waals surface area contributed by atoms with Gasteiger partial charge in [0.25, 0.3) is 0 Å². The molecule has 1 spiro atoms. The molecular formula is C55H90O29S2. The van der Waals surface area contributed by atoms with Crippen LogP contribution in [0.15, 0.2) is 11.6 Å². The number of allylic oxidation sites excluding steroid dienone is 2. The summed E-state index contributed by atoms with van der Waals surface area (Å²) in [6, 6.07) is 0. The van der Waals surface area contributed by atoms with Crippen molar-refractivity contribution in [2.45, 2.75) is 253 Å². The van der Waals surface area contributed by atoms with Crippen LogP contribution in [0.2, 0.25) is 0 Å². The summed E-state index contributed by atoms with van der Waals surface area (Å²) in [5, 5.41) is 115. The van der Waals surface area contributed by atoms with Crippen LogP contribution in [0, 0.1) is 39.4 Å². The monoisotopic (exact) mass is 1280 g/mol. The molecule has 3 saturated carbocycles. The van der Waals surface area contributed by atoms with Gasteiger partial charge < -0.3 is 98.4 Å². The minimum atomic E-state index is -5.23. The molecule has 1 unspecified atom stereocenters. The molecule has 0 aromatic carbocycles. The van der Waals surface area contributed by atoms with E-state index < -0.39 is 215 Å². The number of rotatable bonds is 20. The minimum Gasteiger partial charge on any atom is -0.456 e. The second kappa shape index (κ2) is 24.9. The molecule has 31 heteroatoms. The molecule has 5 aliphatic heterocycles. The zero-order valence-electron chi connectivity index (χ0n) is 49.7. The summed E-state index contributed by atoms with van der Waals surface area (Å²) in [6.45, 7) is 12.4. The Balaban J connectivity index is 0.914. The summed E-state index contributed by atoms with van der Waals surface area (Å²) < 4.78 is 135. The van der Waals surface area contributed by atoms with Crippen molar-refractivity contribution in [2.24, 2.45) is 39.4 Å². The molecule has 0 bridgehead atoms. The highest BCUT2D eigenvalue weighted by Crippen LogP contribution is 2.77. The lowest BCUT2D eigenvalue weighted by molar-refractivity contribution is -0.381. The van der Waals surface area contributed by atoms with Gasteiger partial charge in [0.05, 0.1) is 44.7 Å². The van der Waals surface area contributed by atoms with Gasteiger partial charge in [-0.3, -0.25) is 13.9 Å². The summed E-state index contributed by atoms with van der Waals surface area (Å²) >= 11 is 0. The lowest BCUT2D eigenvalue weighted by Gasteiger charge is -2.65. The topological polar surface area (TPSA) is 439 Å². The third-order valence-corrected chi connectivity index (χ3v) is 22.2. The first-order valence-electron chi connectivity index (χ1n) is 29.6. The summed E-state index contributed by atoms with van der Waals surface area (Å²) in [4.78, 5) is 14.5. The van der Waals surface area contributed by atoms with Crippen molar-refractivity contribution in [3.8, 4) is 0 Å². The molecule has 8 fully saturated rings. The number of ether oxygens (including phenoxy) is 10. The number of carbonyl (C=O) groups excluding carboxylic acids is 1. The number of esters is 1. The minimum absolute atomic E-state index is 0.149. The van der Waals surface area contributed by atoms with Crippen LogP contribution >= 0.6 is 0 Å². The van der Waals surface area contributed by atoms with E-state index in [0.29, 0.717) is 38.0 Å². The van der Waals surface area contributed by atoms with Crippen molar-refractivity contribution in [1.82, 2.24) is 0 Å². The van der Waals surface area contributed by atoms with Gasteiger partial charge in [0.15, 0.2) is 18.9 Å². The molecular weight excluding hydrogens is 1190 g/mol. The van der Waals surface area contributed by atoms with Crippen LogP contribution in [0.25, 0.3) is 0 Å². The highest BCUT2D eigenvalue weighted by atomic mass is 32.3. The van der Waals surface area contributed by atoms with E-state index in [4.69, 9.17) is 51.6 Å². The van der Waals surface area contributed by atoms with Crippen LogP contribution in [0.5, 0.6) is 0 Å². The summed E-state index contributed by atoms with van der Waals surface area (Å²) in [5.74, 6) is -0.542. The van der Waals surface area contributed by atoms with E-state index in [1.807, 2.05) is 20.8 Å². The highest BCUT2D eigenvalue weighted by molar-refractivity contribution is 7.81. The Morgan fingerprint density at radius 3 is 2.00 bits per heavy atom. The number of cyclic esters (lactones) is 1. The van der Waals surface area contributed by atoms with Gasteiger partial charge in [-0.25, -0.2) is 8.37 Å². The normalized spacial score (nSPS) is 49.5. The molecule has 0 amide bonds. The maximum atomic E-state index is 14.5. The van der Waals surface area contributed by atoms with Crippen molar-refractivity contribution in [3.05, 3.63) is 11.6 Å². The molecule has 12 N–H and O–H groups in total. The van der Waals surface area contributed by atoms with Gasteiger partial charge in [-0.05, 0) is 93.8 Å². The molecule has 29 nitrogen and oxygen atoms in total. The lowest BCUT2D eigenvalue weighted by Crippen LogP contribution is -2.68. The molecule has 0 aromatic heterocycles. The van der Waals surface area contributed by atoms with Gasteiger partial charge in [0.1, 0.15) is 108 Å². The Morgan fingerprint density at radius 2 is 1.36 bits per heavy atom. The van der Waals surface area contributed by atoms with Crippen molar-refractivity contribution in [1.29, 1.82) is 0 Å². The van der Waals surface area contributed by atoms with Crippen molar-refractivity contribution in [2.75, 3.05) is 33.5 Å². The van der Waals surface area contributed by atoms with E-state index in [1.165, 1.54) is 14.0 Å². The van der Waals surface area contributed by atoms with Crippen LogP contribution in [0.3, 0.4) is 0 Å².